The molecule has 0 spiro atoms. The Kier molecular flexibility index (Phi) is 5.66. The van der Waals surface area contributed by atoms with Gasteiger partial charge in [0, 0.05) is 17.6 Å². The summed E-state index contributed by atoms with van der Waals surface area (Å²) in [6.45, 7) is 0. The summed E-state index contributed by atoms with van der Waals surface area (Å²) >= 11 is 6.17. The Labute approximate surface area is 185 Å². The van der Waals surface area contributed by atoms with Crippen LogP contribution in [0.2, 0.25) is 5.02 Å². The van der Waals surface area contributed by atoms with Crippen molar-refractivity contribution < 1.29 is 26.3 Å². The number of alkyl halides is 3. The second-order valence-electron chi connectivity index (χ2n) is 6.61. The lowest BCUT2D eigenvalue weighted by Gasteiger charge is -2.11. The van der Waals surface area contributed by atoms with Gasteiger partial charge in [-0.15, -0.1) is 0 Å². The molecule has 1 N–H and O–H groups in total. The molecule has 0 radical (unpaired) electrons. The molecule has 2 heterocycles. The Morgan fingerprint density at radius 3 is 2.25 bits per heavy atom. The molecule has 0 aliphatic rings. The Morgan fingerprint density at radius 2 is 1.59 bits per heavy atom. The molecule has 0 bridgehead atoms. The molecule has 164 valence electrons. The number of rotatable bonds is 5. The number of ether oxygens (including phenoxy) is 1. The molecule has 4 rings (SSSR count). The maximum Gasteiger partial charge on any atom is 0.416 e. The molecular weight excluding hydrogens is 467 g/mol. The molecule has 4 aromatic rings. The van der Waals surface area contributed by atoms with E-state index in [2.05, 4.69) is 14.7 Å². The van der Waals surface area contributed by atoms with Gasteiger partial charge in [-0.2, -0.15) is 13.2 Å². The van der Waals surface area contributed by atoms with Crippen molar-refractivity contribution >= 4 is 38.1 Å². The number of halogens is 4. The molecule has 0 saturated heterocycles. The summed E-state index contributed by atoms with van der Waals surface area (Å²) in [6.07, 6.45) is -1.77. The summed E-state index contributed by atoms with van der Waals surface area (Å²) in [4.78, 5) is 7.84. The first-order chi connectivity index (χ1) is 15.1. The zero-order chi connectivity index (χ0) is 22.9. The third kappa shape index (κ3) is 4.76. The summed E-state index contributed by atoms with van der Waals surface area (Å²) in [5.41, 5.74) is -0.946. The van der Waals surface area contributed by atoms with E-state index >= 15 is 0 Å². The number of sulfonamides is 1. The van der Waals surface area contributed by atoms with E-state index in [1.54, 1.807) is 12.3 Å². The van der Waals surface area contributed by atoms with Crippen LogP contribution in [0.3, 0.4) is 0 Å². The number of nitrogens with zero attached hydrogens (tertiary/aromatic N) is 2. The number of fused-ring (bicyclic) bond motifs is 1. The minimum Gasteiger partial charge on any atom is -0.419 e. The molecule has 0 aliphatic carbocycles. The van der Waals surface area contributed by atoms with Crippen LogP contribution in [0.4, 0.5) is 18.9 Å². The van der Waals surface area contributed by atoms with Crippen LogP contribution in [-0.4, -0.2) is 18.4 Å². The molecule has 0 amide bonds. The lowest BCUT2D eigenvalue weighted by molar-refractivity contribution is -0.137. The van der Waals surface area contributed by atoms with E-state index in [4.69, 9.17) is 16.3 Å². The van der Waals surface area contributed by atoms with E-state index < -0.39 is 21.8 Å². The fourth-order valence-electron chi connectivity index (χ4n) is 2.81. The Balaban J connectivity index is 1.52. The molecule has 2 aromatic carbocycles. The van der Waals surface area contributed by atoms with Gasteiger partial charge in [-0.05, 0) is 35.7 Å². The average Bonchev–Trinajstić information content (AvgIpc) is 2.75. The lowest BCUT2D eigenvalue weighted by Crippen LogP contribution is -2.14. The zero-order valence-electron chi connectivity index (χ0n) is 16.0. The molecule has 2 aromatic heterocycles. The van der Waals surface area contributed by atoms with Gasteiger partial charge in [-0.3, -0.25) is 4.72 Å². The number of anilines is 1. The van der Waals surface area contributed by atoms with Gasteiger partial charge in [0.1, 0.15) is 5.02 Å². The van der Waals surface area contributed by atoms with Crippen molar-refractivity contribution in [2.45, 2.75) is 11.1 Å². The molecule has 32 heavy (non-hydrogen) atoms. The molecule has 0 unspecified atom stereocenters. The standard InChI is InChI=1S/C21H13ClF3N3O3S/c22-18-10-16(28-32(29,30)17-7-5-15(6-8-17)21(23,24)25)12-27-20(18)31-19-9-13-3-1-2-4-14(13)11-26-19/h1-12,28H. The van der Waals surface area contributed by atoms with Gasteiger partial charge in [-0.25, -0.2) is 18.4 Å². The number of hydrogen-bond donors (Lipinski definition) is 1. The third-order valence-electron chi connectivity index (χ3n) is 4.36. The normalized spacial score (nSPS) is 12.0. The summed E-state index contributed by atoms with van der Waals surface area (Å²) < 4.78 is 70.8. The predicted molar refractivity (Wildman–Crippen MR) is 113 cm³/mol. The van der Waals surface area contributed by atoms with Crippen LogP contribution in [0.15, 0.2) is 78.0 Å². The van der Waals surface area contributed by atoms with E-state index in [1.165, 1.54) is 12.3 Å². The fourth-order valence-corrected chi connectivity index (χ4v) is 4.05. The Morgan fingerprint density at radius 1 is 0.906 bits per heavy atom. The van der Waals surface area contributed by atoms with E-state index in [1.807, 2.05) is 24.3 Å². The van der Waals surface area contributed by atoms with Gasteiger partial charge in [0.15, 0.2) is 0 Å². The topological polar surface area (TPSA) is 81.2 Å². The van der Waals surface area contributed by atoms with Crippen LogP contribution < -0.4 is 9.46 Å². The van der Waals surface area contributed by atoms with Crippen LogP contribution in [0.1, 0.15) is 5.56 Å². The highest BCUT2D eigenvalue weighted by Gasteiger charge is 2.30. The highest BCUT2D eigenvalue weighted by Crippen LogP contribution is 2.32. The van der Waals surface area contributed by atoms with Crippen LogP contribution in [-0.2, 0) is 16.2 Å². The molecule has 0 saturated carbocycles. The maximum atomic E-state index is 12.7. The van der Waals surface area contributed by atoms with Crippen molar-refractivity contribution in [2.75, 3.05) is 4.72 Å². The van der Waals surface area contributed by atoms with Crippen molar-refractivity contribution in [2.24, 2.45) is 0 Å². The predicted octanol–water partition coefficient (Wildman–Crippen LogP) is 5.90. The third-order valence-corrected chi connectivity index (χ3v) is 6.03. The Hall–Kier alpha value is -3.37. The van der Waals surface area contributed by atoms with Crippen LogP contribution >= 0.6 is 11.6 Å². The summed E-state index contributed by atoms with van der Waals surface area (Å²) in [7, 11) is -4.16. The van der Waals surface area contributed by atoms with E-state index in [9.17, 15) is 21.6 Å². The number of pyridine rings is 2. The minimum atomic E-state index is -4.57. The van der Waals surface area contributed by atoms with Gasteiger partial charge in [-0.1, -0.05) is 35.9 Å². The second kappa shape index (κ2) is 8.29. The van der Waals surface area contributed by atoms with Crippen molar-refractivity contribution in [1.82, 2.24) is 9.97 Å². The van der Waals surface area contributed by atoms with Gasteiger partial charge < -0.3 is 4.74 Å². The van der Waals surface area contributed by atoms with Crippen LogP contribution in [0.25, 0.3) is 10.8 Å². The van der Waals surface area contributed by atoms with E-state index in [0.717, 1.165) is 22.9 Å². The SMILES string of the molecule is O=S(=O)(Nc1cnc(Oc2cc3ccccc3cn2)c(Cl)c1)c1ccc(C(F)(F)F)cc1. The number of benzene rings is 2. The minimum absolute atomic E-state index is 0.00641. The van der Waals surface area contributed by atoms with Gasteiger partial charge in [0.2, 0.25) is 11.8 Å². The monoisotopic (exact) mass is 479 g/mol. The van der Waals surface area contributed by atoms with Crippen molar-refractivity contribution in [3.63, 3.8) is 0 Å². The molecule has 6 nitrogen and oxygen atoms in total. The second-order valence-corrected chi connectivity index (χ2v) is 8.70. The molecular formula is C21H13ClF3N3O3S. The van der Waals surface area contributed by atoms with Crippen LogP contribution in [0.5, 0.6) is 11.8 Å². The smallest absolute Gasteiger partial charge is 0.416 e. The molecule has 11 heteroatoms. The van der Waals surface area contributed by atoms with Gasteiger partial charge >= 0.3 is 6.18 Å². The average molecular weight is 480 g/mol. The number of nitrogens with one attached hydrogen (secondary N) is 1. The number of aromatic nitrogens is 2. The lowest BCUT2D eigenvalue weighted by atomic mass is 10.2. The molecule has 0 atom stereocenters. The maximum absolute atomic E-state index is 12.7. The zero-order valence-corrected chi connectivity index (χ0v) is 17.5. The highest BCUT2D eigenvalue weighted by atomic mass is 35.5. The first kappa shape index (κ1) is 21.8. The first-order valence-electron chi connectivity index (χ1n) is 9.00. The molecule has 0 aliphatic heterocycles. The highest BCUT2D eigenvalue weighted by molar-refractivity contribution is 7.92. The first-order valence-corrected chi connectivity index (χ1v) is 10.9. The Bertz CT molecular complexity index is 1400. The van der Waals surface area contributed by atoms with Crippen molar-refractivity contribution in [3.8, 4) is 11.8 Å². The number of hydrogen-bond acceptors (Lipinski definition) is 5. The quantitative estimate of drug-likeness (QED) is 0.385. The van der Waals surface area contributed by atoms with Crippen molar-refractivity contribution in [1.29, 1.82) is 0 Å². The van der Waals surface area contributed by atoms with E-state index in [-0.39, 0.29) is 27.4 Å². The fraction of sp³-hybridized carbons (Fsp3) is 0.0476. The van der Waals surface area contributed by atoms with Crippen molar-refractivity contribution in [3.05, 3.63) is 83.6 Å². The van der Waals surface area contributed by atoms with Crippen LogP contribution in [0, 0.1) is 0 Å². The van der Waals surface area contributed by atoms with E-state index in [0.29, 0.717) is 12.1 Å². The summed E-state index contributed by atoms with van der Waals surface area (Å²) in [5.74, 6) is 0.253. The van der Waals surface area contributed by atoms with Gasteiger partial charge in [0.05, 0.1) is 22.3 Å². The van der Waals surface area contributed by atoms with Gasteiger partial charge in [0.25, 0.3) is 10.0 Å². The molecule has 0 fully saturated rings. The summed E-state index contributed by atoms with van der Waals surface area (Å²) in [6, 6.07) is 13.6. The summed E-state index contributed by atoms with van der Waals surface area (Å²) in [5, 5.41) is 1.83. The largest absolute Gasteiger partial charge is 0.419 e.